The van der Waals surface area contributed by atoms with E-state index in [1.165, 1.54) is 0 Å². The highest BCUT2D eigenvalue weighted by Crippen LogP contribution is 2.09. The lowest BCUT2D eigenvalue weighted by atomic mass is 10.1. The minimum Gasteiger partial charge on any atom is -0.383 e. The molecule has 0 aromatic carbocycles. The maximum Gasteiger partial charge on any atom is 0.225 e. The minimum atomic E-state index is -0.219. The zero-order valence-corrected chi connectivity index (χ0v) is 9.21. The predicted molar refractivity (Wildman–Crippen MR) is 55.2 cm³/mol. The smallest absolute Gasteiger partial charge is 0.225 e. The highest BCUT2D eigenvalue weighted by Gasteiger charge is 2.28. The molecule has 1 rings (SSSR count). The van der Waals surface area contributed by atoms with Gasteiger partial charge in [-0.1, -0.05) is 6.92 Å². The van der Waals surface area contributed by atoms with E-state index in [1.54, 1.807) is 7.11 Å². The number of rotatable bonds is 5. The molecule has 5 heteroatoms. The molecule has 5 nitrogen and oxygen atoms in total. The summed E-state index contributed by atoms with van der Waals surface area (Å²) in [6.07, 6.45) is 1.13. The van der Waals surface area contributed by atoms with Crippen LogP contribution in [0.1, 0.15) is 19.8 Å². The van der Waals surface area contributed by atoms with Gasteiger partial charge in [0.25, 0.3) is 0 Å². The van der Waals surface area contributed by atoms with Crippen LogP contribution < -0.4 is 10.6 Å². The highest BCUT2D eigenvalue weighted by atomic mass is 16.5. The van der Waals surface area contributed by atoms with E-state index in [-0.39, 0.29) is 23.8 Å². The summed E-state index contributed by atoms with van der Waals surface area (Å²) in [4.78, 5) is 22.6. The van der Waals surface area contributed by atoms with Crippen molar-refractivity contribution in [2.75, 3.05) is 20.3 Å². The van der Waals surface area contributed by atoms with E-state index in [0.717, 1.165) is 6.42 Å². The van der Waals surface area contributed by atoms with Crippen LogP contribution in [-0.4, -0.2) is 38.1 Å². The predicted octanol–water partition coefficient (Wildman–Crippen LogP) is -0.336. The monoisotopic (exact) mass is 214 g/mol. The van der Waals surface area contributed by atoms with E-state index < -0.39 is 0 Å². The average molecular weight is 214 g/mol. The summed E-state index contributed by atoms with van der Waals surface area (Å²) < 4.78 is 4.98. The summed E-state index contributed by atoms with van der Waals surface area (Å²) in [6, 6.07) is 0.0400. The molecule has 0 saturated carbocycles. The molecule has 0 aromatic heterocycles. The Morgan fingerprint density at radius 3 is 2.93 bits per heavy atom. The fourth-order valence-electron chi connectivity index (χ4n) is 1.57. The number of amides is 2. The Balaban J connectivity index is 2.36. The lowest BCUT2D eigenvalue weighted by molar-refractivity contribution is -0.127. The maximum atomic E-state index is 11.7. The number of carbonyl (C=O) groups excluding carboxylic acids is 2. The molecule has 2 N–H and O–H groups in total. The van der Waals surface area contributed by atoms with Crippen molar-refractivity contribution in [1.29, 1.82) is 0 Å². The van der Waals surface area contributed by atoms with Crippen LogP contribution in [0.25, 0.3) is 0 Å². The van der Waals surface area contributed by atoms with Crippen molar-refractivity contribution in [3.05, 3.63) is 0 Å². The zero-order valence-electron chi connectivity index (χ0n) is 9.21. The van der Waals surface area contributed by atoms with Crippen LogP contribution in [0.3, 0.4) is 0 Å². The Morgan fingerprint density at radius 2 is 2.47 bits per heavy atom. The van der Waals surface area contributed by atoms with Crippen LogP contribution >= 0.6 is 0 Å². The summed E-state index contributed by atoms with van der Waals surface area (Å²) in [5.41, 5.74) is 0. The van der Waals surface area contributed by atoms with Gasteiger partial charge in [0.15, 0.2) is 0 Å². The van der Waals surface area contributed by atoms with Crippen LogP contribution in [0.4, 0.5) is 0 Å². The normalized spacial score (nSPS) is 22.3. The SMILES string of the molecule is CCC(COC)NC(=O)C1CNC(=O)C1. The van der Waals surface area contributed by atoms with Crippen molar-refractivity contribution < 1.29 is 14.3 Å². The van der Waals surface area contributed by atoms with Crippen LogP contribution in [0, 0.1) is 5.92 Å². The second-order valence-corrected chi connectivity index (χ2v) is 3.77. The second kappa shape index (κ2) is 5.70. The Kier molecular flexibility index (Phi) is 4.55. The van der Waals surface area contributed by atoms with Gasteiger partial charge < -0.3 is 15.4 Å². The molecule has 0 aliphatic carbocycles. The molecule has 1 heterocycles. The first-order valence-electron chi connectivity index (χ1n) is 5.23. The van der Waals surface area contributed by atoms with Gasteiger partial charge in [-0.3, -0.25) is 9.59 Å². The number of ether oxygens (including phenoxy) is 1. The van der Waals surface area contributed by atoms with Crippen molar-refractivity contribution in [3.63, 3.8) is 0 Å². The van der Waals surface area contributed by atoms with Crippen LogP contribution in [-0.2, 0) is 14.3 Å². The number of nitrogens with one attached hydrogen (secondary N) is 2. The highest BCUT2D eigenvalue weighted by molar-refractivity contribution is 5.89. The van der Waals surface area contributed by atoms with Crippen molar-refractivity contribution in [2.24, 2.45) is 5.92 Å². The van der Waals surface area contributed by atoms with Gasteiger partial charge in [-0.2, -0.15) is 0 Å². The Morgan fingerprint density at radius 1 is 1.73 bits per heavy atom. The zero-order chi connectivity index (χ0) is 11.3. The first-order valence-corrected chi connectivity index (χ1v) is 5.23. The van der Waals surface area contributed by atoms with Gasteiger partial charge in [0.1, 0.15) is 0 Å². The van der Waals surface area contributed by atoms with E-state index in [4.69, 9.17) is 4.74 Å². The summed E-state index contributed by atoms with van der Waals surface area (Å²) >= 11 is 0. The van der Waals surface area contributed by atoms with Gasteiger partial charge in [0, 0.05) is 20.1 Å². The Hall–Kier alpha value is -1.10. The quantitative estimate of drug-likeness (QED) is 0.658. The molecule has 2 amide bonds. The van der Waals surface area contributed by atoms with E-state index in [0.29, 0.717) is 19.6 Å². The lowest BCUT2D eigenvalue weighted by Gasteiger charge is -2.17. The van der Waals surface area contributed by atoms with Crippen molar-refractivity contribution in [3.8, 4) is 0 Å². The maximum absolute atomic E-state index is 11.7. The number of hydrogen-bond donors (Lipinski definition) is 2. The van der Waals surface area contributed by atoms with E-state index >= 15 is 0 Å². The third-order valence-corrected chi connectivity index (χ3v) is 2.56. The fourth-order valence-corrected chi connectivity index (χ4v) is 1.57. The van der Waals surface area contributed by atoms with E-state index in [2.05, 4.69) is 10.6 Å². The summed E-state index contributed by atoms with van der Waals surface area (Å²) in [5, 5.41) is 5.52. The summed E-state index contributed by atoms with van der Waals surface area (Å²) in [7, 11) is 1.61. The molecular formula is C10H18N2O3. The van der Waals surface area contributed by atoms with Gasteiger partial charge in [0.05, 0.1) is 18.6 Å². The van der Waals surface area contributed by atoms with Crippen molar-refractivity contribution in [2.45, 2.75) is 25.8 Å². The lowest BCUT2D eigenvalue weighted by Crippen LogP contribution is -2.41. The van der Waals surface area contributed by atoms with Crippen LogP contribution in [0.2, 0.25) is 0 Å². The van der Waals surface area contributed by atoms with Gasteiger partial charge in [0.2, 0.25) is 11.8 Å². The van der Waals surface area contributed by atoms with Gasteiger partial charge >= 0.3 is 0 Å². The number of hydrogen-bond acceptors (Lipinski definition) is 3. The van der Waals surface area contributed by atoms with E-state index in [1.807, 2.05) is 6.92 Å². The van der Waals surface area contributed by atoms with Crippen molar-refractivity contribution >= 4 is 11.8 Å². The third-order valence-electron chi connectivity index (χ3n) is 2.56. The van der Waals surface area contributed by atoms with Gasteiger partial charge in [-0.05, 0) is 6.42 Å². The van der Waals surface area contributed by atoms with Gasteiger partial charge in [-0.15, -0.1) is 0 Å². The molecule has 2 unspecified atom stereocenters. The average Bonchev–Trinajstić information content (AvgIpc) is 2.64. The van der Waals surface area contributed by atoms with Gasteiger partial charge in [-0.25, -0.2) is 0 Å². The summed E-state index contributed by atoms with van der Waals surface area (Å²) in [6.45, 7) is 2.95. The molecule has 1 saturated heterocycles. The Labute approximate surface area is 89.6 Å². The largest absolute Gasteiger partial charge is 0.383 e. The molecule has 0 aromatic rings. The number of methoxy groups -OCH3 is 1. The molecule has 0 radical (unpaired) electrons. The van der Waals surface area contributed by atoms with Crippen LogP contribution in [0.15, 0.2) is 0 Å². The Bertz CT molecular complexity index is 243. The molecule has 0 bridgehead atoms. The topological polar surface area (TPSA) is 67.4 Å². The molecule has 2 atom stereocenters. The standard InChI is InChI=1S/C10H18N2O3/c1-3-8(6-15-2)12-10(14)7-4-9(13)11-5-7/h7-8H,3-6H2,1-2H3,(H,11,13)(H,12,14). The molecule has 1 aliphatic rings. The molecule has 86 valence electrons. The first-order chi connectivity index (χ1) is 7.17. The minimum absolute atomic E-state index is 0.0400. The molecule has 15 heavy (non-hydrogen) atoms. The summed E-state index contributed by atoms with van der Waals surface area (Å²) in [5.74, 6) is -0.324. The number of carbonyl (C=O) groups is 2. The third kappa shape index (κ3) is 3.51. The molecule has 1 fully saturated rings. The van der Waals surface area contributed by atoms with Crippen molar-refractivity contribution in [1.82, 2.24) is 10.6 Å². The first kappa shape index (κ1) is 12.0. The van der Waals surface area contributed by atoms with E-state index in [9.17, 15) is 9.59 Å². The second-order valence-electron chi connectivity index (χ2n) is 3.77. The molecule has 1 aliphatic heterocycles. The van der Waals surface area contributed by atoms with Crippen LogP contribution in [0.5, 0.6) is 0 Å². The molecular weight excluding hydrogens is 196 g/mol. The molecule has 0 spiro atoms. The fraction of sp³-hybridized carbons (Fsp3) is 0.800.